The first-order valence-electron chi connectivity index (χ1n) is 9.20. The first-order chi connectivity index (χ1) is 11.9. The van der Waals surface area contributed by atoms with Crippen LogP contribution in [0.2, 0.25) is 0 Å². The number of methoxy groups -OCH3 is 1. The Morgan fingerprint density at radius 1 is 1.28 bits per heavy atom. The van der Waals surface area contributed by atoms with E-state index in [0.29, 0.717) is 0 Å². The van der Waals surface area contributed by atoms with Crippen LogP contribution in [0.25, 0.3) is 0 Å². The minimum atomic E-state index is -0.448. The third-order valence-corrected chi connectivity index (χ3v) is 4.33. The molecule has 1 fully saturated rings. The summed E-state index contributed by atoms with van der Waals surface area (Å²) >= 11 is 0. The Bertz CT molecular complexity index is 537. The number of benzene rings is 1. The van der Waals surface area contributed by atoms with Gasteiger partial charge >= 0.3 is 6.09 Å². The molecule has 0 saturated carbocycles. The van der Waals surface area contributed by atoms with Crippen molar-refractivity contribution >= 4 is 6.09 Å². The van der Waals surface area contributed by atoms with E-state index in [-0.39, 0.29) is 12.1 Å². The molecule has 25 heavy (non-hydrogen) atoms. The third-order valence-electron chi connectivity index (χ3n) is 4.33. The number of aryl methyl sites for hydroxylation is 1. The molecule has 0 bridgehead atoms. The van der Waals surface area contributed by atoms with Crippen molar-refractivity contribution in [3.05, 3.63) is 29.8 Å². The number of carbonyl (C=O) groups excluding carboxylic acids is 1. The van der Waals surface area contributed by atoms with E-state index in [1.165, 1.54) is 5.56 Å². The molecule has 1 saturated heterocycles. The van der Waals surface area contributed by atoms with Crippen LogP contribution in [0.3, 0.4) is 0 Å². The maximum atomic E-state index is 11.9. The van der Waals surface area contributed by atoms with Crippen molar-refractivity contribution < 1.29 is 14.3 Å². The lowest BCUT2D eigenvalue weighted by Crippen LogP contribution is -2.49. The molecule has 1 amide bonds. The number of hydrogen-bond acceptors (Lipinski definition) is 4. The molecule has 5 heteroatoms. The lowest BCUT2D eigenvalue weighted by molar-refractivity contribution is 0.0472. The number of piperidine rings is 1. The molecular formula is C20H32N2O3. The average Bonchev–Trinajstić information content (AvgIpc) is 2.54. The molecule has 2 rings (SSSR count). The number of rotatable bonds is 6. The summed E-state index contributed by atoms with van der Waals surface area (Å²) in [5.41, 5.74) is 0.887. The molecule has 1 aliphatic heterocycles. The zero-order valence-corrected chi connectivity index (χ0v) is 16.0. The van der Waals surface area contributed by atoms with Gasteiger partial charge in [0.2, 0.25) is 0 Å². The van der Waals surface area contributed by atoms with Crippen molar-refractivity contribution in [3.8, 4) is 5.75 Å². The van der Waals surface area contributed by atoms with E-state index in [1.54, 1.807) is 7.11 Å². The Hall–Kier alpha value is -1.75. The number of hydrogen-bond donors (Lipinski definition) is 1. The maximum absolute atomic E-state index is 11.9. The number of nitrogens with zero attached hydrogens (tertiary/aromatic N) is 1. The molecule has 1 aromatic carbocycles. The Labute approximate surface area is 151 Å². The summed E-state index contributed by atoms with van der Waals surface area (Å²) in [5, 5.41) is 3.01. The number of amides is 1. The van der Waals surface area contributed by atoms with E-state index >= 15 is 0 Å². The minimum Gasteiger partial charge on any atom is -0.497 e. The highest BCUT2D eigenvalue weighted by atomic mass is 16.6. The monoisotopic (exact) mass is 348 g/mol. The van der Waals surface area contributed by atoms with Gasteiger partial charge in [0.25, 0.3) is 0 Å². The Morgan fingerprint density at radius 3 is 2.64 bits per heavy atom. The maximum Gasteiger partial charge on any atom is 0.407 e. The summed E-state index contributed by atoms with van der Waals surface area (Å²) < 4.78 is 10.5. The van der Waals surface area contributed by atoms with Gasteiger partial charge in [-0.25, -0.2) is 4.79 Å². The first kappa shape index (κ1) is 19.6. The highest BCUT2D eigenvalue weighted by Crippen LogP contribution is 2.15. The van der Waals surface area contributed by atoms with Gasteiger partial charge in [-0.05, 0) is 77.2 Å². The fraction of sp³-hybridized carbons (Fsp3) is 0.650. The lowest BCUT2D eigenvalue weighted by atomic mass is 10.0. The Kier molecular flexibility index (Phi) is 7.12. The zero-order chi connectivity index (χ0) is 18.3. The molecule has 5 nitrogen and oxygen atoms in total. The summed E-state index contributed by atoms with van der Waals surface area (Å²) in [6.45, 7) is 8.73. The molecule has 1 N–H and O–H groups in total. The second-order valence-electron chi connectivity index (χ2n) is 7.74. The first-order valence-corrected chi connectivity index (χ1v) is 9.20. The molecular weight excluding hydrogens is 316 g/mol. The van der Waals surface area contributed by atoms with Gasteiger partial charge in [0.15, 0.2) is 0 Å². The van der Waals surface area contributed by atoms with Crippen LogP contribution in [-0.4, -0.2) is 49.4 Å². The summed E-state index contributed by atoms with van der Waals surface area (Å²) in [7, 11) is 1.69. The number of alkyl carbamates (subject to hydrolysis) is 1. The summed E-state index contributed by atoms with van der Waals surface area (Å²) in [6.07, 6.45) is 4.01. The Balaban J connectivity index is 1.70. The van der Waals surface area contributed by atoms with Crippen LogP contribution in [-0.2, 0) is 11.2 Å². The van der Waals surface area contributed by atoms with Gasteiger partial charge in [0, 0.05) is 12.6 Å². The molecule has 140 valence electrons. The van der Waals surface area contributed by atoms with Gasteiger partial charge < -0.3 is 19.7 Å². The molecule has 0 aliphatic carbocycles. The fourth-order valence-corrected chi connectivity index (χ4v) is 3.15. The highest BCUT2D eigenvalue weighted by Gasteiger charge is 2.23. The van der Waals surface area contributed by atoms with Crippen molar-refractivity contribution in [2.75, 3.05) is 26.7 Å². The zero-order valence-electron chi connectivity index (χ0n) is 16.0. The standard InChI is InChI=1S/C20H32N2O3/c1-20(2,3)25-19(23)21-17-8-6-14-22(15-17)13-5-7-16-9-11-18(24-4)12-10-16/h9-12,17H,5-8,13-15H2,1-4H3,(H,21,23). The van der Waals surface area contributed by atoms with Crippen LogP contribution in [0.15, 0.2) is 24.3 Å². The normalized spacial score (nSPS) is 18.6. The average molecular weight is 348 g/mol. The van der Waals surface area contributed by atoms with Gasteiger partial charge in [0.1, 0.15) is 11.4 Å². The predicted molar refractivity (Wildman–Crippen MR) is 100 cm³/mol. The van der Waals surface area contributed by atoms with E-state index in [4.69, 9.17) is 9.47 Å². The van der Waals surface area contributed by atoms with E-state index in [0.717, 1.165) is 51.1 Å². The van der Waals surface area contributed by atoms with Crippen LogP contribution in [0.4, 0.5) is 4.79 Å². The van der Waals surface area contributed by atoms with Crippen LogP contribution in [0, 0.1) is 0 Å². The molecule has 0 spiro atoms. The van der Waals surface area contributed by atoms with E-state index in [9.17, 15) is 4.79 Å². The van der Waals surface area contributed by atoms with E-state index in [2.05, 4.69) is 22.3 Å². The molecule has 1 aromatic rings. The smallest absolute Gasteiger partial charge is 0.407 e. The minimum absolute atomic E-state index is 0.185. The molecule has 1 atom stereocenters. The topological polar surface area (TPSA) is 50.8 Å². The Morgan fingerprint density at radius 2 is 2.00 bits per heavy atom. The fourth-order valence-electron chi connectivity index (χ4n) is 3.15. The molecule has 1 unspecified atom stereocenters. The van der Waals surface area contributed by atoms with E-state index < -0.39 is 5.60 Å². The van der Waals surface area contributed by atoms with Gasteiger partial charge in [-0.1, -0.05) is 12.1 Å². The van der Waals surface area contributed by atoms with Crippen LogP contribution in [0.1, 0.15) is 45.6 Å². The van der Waals surface area contributed by atoms with Gasteiger partial charge in [-0.3, -0.25) is 0 Å². The number of nitrogens with one attached hydrogen (secondary N) is 1. The van der Waals surface area contributed by atoms with Crippen molar-refractivity contribution in [1.82, 2.24) is 10.2 Å². The van der Waals surface area contributed by atoms with E-state index in [1.807, 2.05) is 32.9 Å². The van der Waals surface area contributed by atoms with Crippen LogP contribution >= 0.6 is 0 Å². The van der Waals surface area contributed by atoms with Crippen molar-refractivity contribution in [2.45, 2.75) is 58.1 Å². The number of ether oxygens (including phenoxy) is 2. The van der Waals surface area contributed by atoms with Crippen molar-refractivity contribution in [3.63, 3.8) is 0 Å². The molecule has 1 heterocycles. The lowest BCUT2D eigenvalue weighted by Gasteiger charge is -2.33. The quantitative estimate of drug-likeness (QED) is 0.853. The summed E-state index contributed by atoms with van der Waals surface area (Å²) in [6, 6.07) is 8.46. The van der Waals surface area contributed by atoms with Crippen molar-refractivity contribution in [1.29, 1.82) is 0 Å². The second-order valence-corrected chi connectivity index (χ2v) is 7.74. The SMILES string of the molecule is COc1ccc(CCCN2CCCC(NC(=O)OC(C)(C)C)C2)cc1. The number of likely N-dealkylation sites (tertiary alicyclic amines) is 1. The highest BCUT2D eigenvalue weighted by molar-refractivity contribution is 5.68. The van der Waals surface area contributed by atoms with Gasteiger partial charge in [-0.2, -0.15) is 0 Å². The largest absolute Gasteiger partial charge is 0.497 e. The predicted octanol–water partition coefficient (Wildman–Crippen LogP) is 3.62. The number of carbonyl (C=O) groups is 1. The summed E-state index contributed by atoms with van der Waals surface area (Å²) in [4.78, 5) is 14.4. The van der Waals surface area contributed by atoms with Crippen LogP contribution < -0.4 is 10.1 Å². The van der Waals surface area contributed by atoms with Gasteiger partial charge in [0.05, 0.1) is 7.11 Å². The molecule has 0 aromatic heterocycles. The third kappa shape index (κ3) is 7.34. The van der Waals surface area contributed by atoms with Gasteiger partial charge in [-0.15, -0.1) is 0 Å². The molecule has 1 aliphatic rings. The summed E-state index contributed by atoms with van der Waals surface area (Å²) in [5.74, 6) is 0.899. The van der Waals surface area contributed by atoms with Crippen LogP contribution in [0.5, 0.6) is 5.75 Å². The van der Waals surface area contributed by atoms with Crippen molar-refractivity contribution in [2.24, 2.45) is 0 Å². The second kappa shape index (κ2) is 9.09. The molecule has 0 radical (unpaired) electrons.